The summed E-state index contributed by atoms with van der Waals surface area (Å²) >= 11 is 0. The number of hydrogen-bond donors (Lipinski definition) is 1. The van der Waals surface area contributed by atoms with E-state index in [-0.39, 0.29) is 5.91 Å². The summed E-state index contributed by atoms with van der Waals surface area (Å²) in [7, 11) is 0. The Kier molecular flexibility index (Phi) is 6.05. The summed E-state index contributed by atoms with van der Waals surface area (Å²) in [5, 5.41) is 9.28. The minimum Gasteiger partial charge on any atom is -0.451 e. The number of amides is 1. The van der Waals surface area contributed by atoms with Crippen molar-refractivity contribution < 1.29 is 9.21 Å². The van der Waals surface area contributed by atoms with Crippen LogP contribution in [0, 0.1) is 0 Å². The Bertz CT molecular complexity index is 1450. The van der Waals surface area contributed by atoms with Crippen LogP contribution in [0.2, 0.25) is 0 Å². The van der Waals surface area contributed by atoms with Crippen molar-refractivity contribution in [2.45, 2.75) is 13.1 Å². The van der Waals surface area contributed by atoms with E-state index in [9.17, 15) is 4.79 Å². The van der Waals surface area contributed by atoms with Crippen LogP contribution in [-0.4, -0.2) is 63.3 Å². The fourth-order valence-electron chi connectivity index (χ4n) is 4.71. The maximum absolute atomic E-state index is 12.5. The van der Waals surface area contributed by atoms with E-state index in [1.165, 1.54) is 5.56 Å². The van der Waals surface area contributed by atoms with E-state index in [0.717, 1.165) is 55.0 Å². The maximum Gasteiger partial charge on any atom is 0.287 e. The van der Waals surface area contributed by atoms with Gasteiger partial charge in [0.1, 0.15) is 17.7 Å². The standard InChI is InChI=1S/C27H27N7O2/c35-27(24-16-21-8-4-5-9-23(21)36-24)28-10-11-34-26-22(17-31-34)25(29-19-30-26)33-14-12-32(13-15-33)18-20-6-2-1-3-7-20/h1-9,16-17,19H,10-15,18H2,(H,28,35). The number of anilines is 1. The van der Waals surface area contributed by atoms with Gasteiger partial charge in [0, 0.05) is 44.7 Å². The van der Waals surface area contributed by atoms with E-state index >= 15 is 0 Å². The molecule has 182 valence electrons. The van der Waals surface area contributed by atoms with Gasteiger partial charge in [0.2, 0.25) is 0 Å². The fraction of sp³-hybridized carbons (Fsp3) is 0.259. The summed E-state index contributed by atoms with van der Waals surface area (Å²) in [6, 6.07) is 19.9. The Morgan fingerprint density at radius 1 is 0.972 bits per heavy atom. The molecule has 2 aromatic carbocycles. The molecule has 3 aromatic heterocycles. The zero-order valence-corrected chi connectivity index (χ0v) is 19.9. The molecule has 5 aromatic rings. The number of nitrogens with one attached hydrogen (secondary N) is 1. The minimum absolute atomic E-state index is 0.244. The molecular weight excluding hydrogens is 454 g/mol. The highest BCUT2D eigenvalue weighted by Gasteiger charge is 2.21. The molecule has 9 nitrogen and oxygen atoms in total. The molecule has 0 saturated carbocycles. The first-order valence-corrected chi connectivity index (χ1v) is 12.2. The number of carbonyl (C=O) groups is 1. The van der Waals surface area contributed by atoms with E-state index in [0.29, 0.717) is 24.4 Å². The van der Waals surface area contributed by atoms with Crippen LogP contribution in [0.25, 0.3) is 22.0 Å². The summed E-state index contributed by atoms with van der Waals surface area (Å²) < 4.78 is 7.46. The second-order valence-corrected chi connectivity index (χ2v) is 8.96. The van der Waals surface area contributed by atoms with Crippen molar-refractivity contribution in [3.05, 3.63) is 84.5 Å². The SMILES string of the molecule is O=C(NCCn1ncc2c(N3CCN(Cc4ccccc4)CC3)ncnc21)c1cc2ccccc2o1. The van der Waals surface area contributed by atoms with Crippen LogP contribution in [-0.2, 0) is 13.1 Å². The summed E-state index contributed by atoms with van der Waals surface area (Å²) in [6.45, 7) is 5.62. The van der Waals surface area contributed by atoms with Crippen molar-refractivity contribution in [2.75, 3.05) is 37.6 Å². The van der Waals surface area contributed by atoms with Crippen molar-refractivity contribution >= 4 is 33.7 Å². The molecule has 1 fully saturated rings. The van der Waals surface area contributed by atoms with E-state index in [1.54, 1.807) is 12.4 Å². The zero-order valence-electron chi connectivity index (χ0n) is 19.9. The van der Waals surface area contributed by atoms with Gasteiger partial charge in [-0.3, -0.25) is 9.69 Å². The Morgan fingerprint density at radius 2 is 1.78 bits per heavy atom. The lowest BCUT2D eigenvalue weighted by Gasteiger charge is -2.35. The molecule has 0 atom stereocenters. The first-order valence-electron chi connectivity index (χ1n) is 12.2. The largest absolute Gasteiger partial charge is 0.451 e. The third kappa shape index (κ3) is 4.52. The normalized spacial score (nSPS) is 14.5. The van der Waals surface area contributed by atoms with E-state index in [1.807, 2.05) is 35.1 Å². The molecule has 1 saturated heterocycles. The number of hydrogen-bond acceptors (Lipinski definition) is 7. The second kappa shape index (κ2) is 9.79. The molecule has 6 rings (SSSR count). The van der Waals surface area contributed by atoms with Crippen LogP contribution in [0.15, 0.2) is 77.6 Å². The first-order chi connectivity index (χ1) is 17.7. The third-order valence-corrected chi connectivity index (χ3v) is 6.59. The van der Waals surface area contributed by atoms with E-state index in [4.69, 9.17) is 4.42 Å². The highest BCUT2D eigenvalue weighted by atomic mass is 16.3. The van der Waals surface area contributed by atoms with E-state index in [2.05, 4.69) is 60.5 Å². The monoisotopic (exact) mass is 481 g/mol. The van der Waals surface area contributed by atoms with Crippen LogP contribution in [0.3, 0.4) is 0 Å². The van der Waals surface area contributed by atoms with Gasteiger partial charge in [-0.05, 0) is 17.7 Å². The van der Waals surface area contributed by atoms with Gasteiger partial charge in [0.15, 0.2) is 11.4 Å². The Hall–Kier alpha value is -4.24. The summed E-state index contributed by atoms with van der Waals surface area (Å²) in [5.41, 5.74) is 2.81. The highest BCUT2D eigenvalue weighted by Crippen LogP contribution is 2.24. The molecule has 0 radical (unpaired) electrons. The lowest BCUT2D eigenvalue weighted by molar-refractivity contribution is 0.0926. The molecular formula is C27H27N7O2. The number of rotatable bonds is 7. The molecule has 36 heavy (non-hydrogen) atoms. The van der Waals surface area contributed by atoms with Gasteiger partial charge in [0.05, 0.1) is 18.1 Å². The molecule has 1 amide bonds. The van der Waals surface area contributed by atoms with Gasteiger partial charge >= 0.3 is 0 Å². The lowest BCUT2D eigenvalue weighted by Crippen LogP contribution is -2.46. The van der Waals surface area contributed by atoms with Crippen LogP contribution in [0.5, 0.6) is 0 Å². The van der Waals surface area contributed by atoms with Gasteiger partial charge in [-0.2, -0.15) is 5.10 Å². The Balaban J connectivity index is 1.08. The van der Waals surface area contributed by atoms with Crippen molar-refractivity contribution in [1.82, 2.24) is 30.0 Å². The first kappa shape index (κ1) is 22.2. The summed E-state index contributed by atoms with van der Waals surface area (Å²) in [5.74, 6) is 0.973. The smallest absolute Gasteiger partial charge is 0.287 e. The predicted molar refractivity (Wildman–Crippen MR) is 138 cm³/mol. The quantitative estimate of drug-likeness (QED) is 0.381. The van der Waals surface area contributed by atoms with Gasteiger partial charge in [-0.1, -0.05) is 48.5 Å². The van der Waals surface area contributed by atoms with Gasteiger partial charge in [-0.25, -0.2) is 14.6 Å². The molecule has 1 N–H and O–H groups in total. The number of piperazine rings is 1. The molecule has 0 unspecified atom stereocenters. The zero-order chi connectivity index (χ0) is 24.3. The van der Waals surface area contributed by atoms with Crippen molar-refractivity contribution in [3.8, 4) is 0 Å². The molecule has 1 aliphatic heterocycles. The lowest BCUT2D eigenvalue weighted by atomic mass is 10.2. The van der Waals surface area contributed by atoms with Crippen LogP contribution in [0.1, 0.15) is 16.1 Å². The second-order valence-electron chi connectivity index (χ2n) is 8.96. The average molecular weight is 482 g/mol. The molecule has 4 heterocycles. The van der Waals surface area contributed by atoms with Crippen molar-refractivity contribution in [1.29, 1.82) is 0 Å². The van der Waals surface area contributed by atoms with Gasteiger partial charge < -0.3 is 14.6 Å². The van der Waals surface area contributed by atoms with Crippen molar-refractivity contribution in [3.63, 3.8) is 0 Å². The number of nitrogens with zero attached hydrogens (tertiary/aromatic N) is 6. The summed E-state index contributed by atoms with van der Waals surface area (Å²) in [4.78, 5) is 26.4. The fourth-order valence-corrected chi connectivity index (χ4v) is 4.71. The maximum atomic E-state index is 12.5. The molecule has 0 bridgehead atoms. The highest BCUT2D eigenvalue weighted by molar-refractivity contribution is 5.96. The predicted octanol–water partition coefficient (Wildman–Crippen LogP) is 3.32. The minimum atomic E-state index is -0.244. The number of aromatic nitrogens is 4. The van der Waals surface area contributed by atoms with Crippen LogP contribution in [0.4, 0.5) is 5.82 Å². The average Bonchev–Trinajstić information content (AvgIpc) is 3.54. The molecule has 1 aliphatic rings. The molecule has 9 heteroatoms. The van der Waals surface area contributed by atoms with Crippen LogP contribution < -0.4 is 10.2 Å². The number of carbonyl (C=O) groups excluding carboxylic acids is 1. The van der Waals surface area contributed by atoms with Crippen molar-refractivity contribution in [2.24, 2.45) is 0 Å². The van der Waals surface area contributed by atoms with Gasteiger partial charge in [0.25, 0.3) is 5.91 Å². The topological polar surface area (TPSA) is 92.3 Å². The Morgan fingerprint density at radius 3 is 2.61 bits per heavy atom. The Labute approximate surface area is 208 Å². The number of benzene rings is 2. The van der Waals surface area contributed by atoms with Gasteiger partial charge in [-0.15, -0.1) is 0 Å². The number of furan rings is 1. The van der Waals surface area contributed by atoms with Crippen LogP contribution >= 0.6 is 0 Å². The third-order valence-electron chi connectivity index (χ3n) is 6.59. The number of para-hydroxylation sites is 1. The molecule has 0 spiro atoms. The van der Waals surface area contributed by atoms with E-state index < -0.39 is 0 Å². The molecule has 0 aliphatic carbocycles. The summed E-state index contributed by atoms with van der Waals surface area (Å²) in [6.07, 6.45) is 3.42. The number of fused-ring (bicyclic) bond motifs is 2.